The standard InChI is InChI=1S/C24H28N4O3/c1-16-19(14-25-21(29)15-28-12-6-7-13-28)10-11-20-22(16)23(30)31-24(27-20)26-17(2)18-8-4-3-5-9-18/h3-5,8-11,17H,6-7,12-15H2,1-2H3,(H,25,29)(H,26,27)/t17-/m0/s1. The summed E-state index contributed by atoms with van der Waals surface area (Å²) in [6.07, 6.45) is 2.31. The number of nitrogens with zero attached hydrogens (tertiary/aromatic N) is 2. The summed E-state index contributed by atoms with van der Waals surface area (Å²) in [7, 11) is 0. The van der Waals surface area contributed by atoms with Crippen molar-refractivity contribution < 1.29 is 9.21 Å². The average molecular weight is 421 g/mol. The van der Waals surface area contributed by atoms with E-state index in [9.17, 15) is 9.59 Å². The van der Waals surface area contributed by atoms with Crippen LogP contribution in [0.3, 0.4) is 0 Å². The number of carbonyl (C=O) groups is 1. The zero-order valence-corrected chi connectivity index (χ0v) is 18.0. The van der Waals surface area contributed by atoms with Gasteiger partial charge in [0.1, 0.15) is 0 Å². The lowest BCUT2D eigenvalue weighted by Crippen LogP contribution is -2.35. The largest absolute Gasteiger partial charge is 0.389 e. The summed E-state index contributed by atoms with van der Waals surface area (Å²) in [4.78, 5) is 31.6. The maximum absolute atomic E-state index is 12.7. The van der Waals surface area contributed by atoms with Crippen molar-refractivity contribution in [3.05, 3.63) is 69.6 Å². The lowest BCUT2D eigenvalue weighted by molar-refractivity contribution is -0.122. The molecule has 0 unspecified atom stereocenters. The number of likely N-dealkylation sites (tertiary alicyclic amines) is 1. The van der Waals surface area contributed by atoms with Crippen LogP contribution in [0.15, 0.2) is 51.7 Å². The Bertz CT molecular complexity index is 1120. The fraction of sp³-hybridized carbons (Fsp3) is 0.375. The van der Waals surface area contributed by atoms with Gasteiger partial charge in [-0.05, 0) is 62.5 Å². The molecule has 1 aromatic heterocycles. The zero-order chi connectivity index (χ0) is 21.8. The van der Waals surface area contributed by atoms with Crippen LogP contribution in [-0.4, -0.2) is 35.4 Å². The van der Waals surface area contributed by atoms with Crippen LogP contribution in [0.4, 0.5) is 6.01 Å². The molecule has 1 amide bonds. The molecule has 0 radical (unpaired) electrons. The van der Waals surface area contributed by atoms with E-state index in [0.29, 0.717) is 24.0 Å². The number of aromatic nitrogens is 1. The topological polar surface area (TPSA) is 87.5 Å². The summed E-state index contributed by atoms with van der Waals surface area (Å²) in [5, 5.41) is 6.57. The normalized spacial score (nSPS) is 15.2. The summed E-state index contributed by atoms with van der Waals surface area (Å²) < 4.78 is 5.46. The van der Waals surface area contributed by atoms with E-state index in [1.54, 1.807) is 6.07 Å². The molecule has 2 heterocycles. The van der Waals surface area contributed by atoms with Crippen molar-refractivity contribution in [1.82, 2.24) is 15.2 Å². The Morgan fingerprint density at radius 3 is 2.65 bits per heavy atom. The molecule has 162 valence electrons. The monoisotopic (exact) mass is 420 g/mol. The second kappa shape index (κ2) is 9.31. The minimum atomic E-state index is -0.435. The van der Waals surface area contributed by atoms with E-state index in [-0.39, 0.29) is 18.0 Å². The Morgan fingerprint density at radius 2 is 1.90 bits per heavy atom. The number of hydrogen-bond acceptors (Lipinski definition) is 6. The molecule has 1 aliphatic rings. The first-order valence-electron chi connectivity index (χ1n) is 10.7. The number of carbonyl (C=O) groups excluding carboxylic acids is 1. The number of hydrogen-bond donors (Lipinski definition) is 2. The van der Waals surface area contributed by atoms with Gasteiger partial charge in [0.15, 0.2) is 0 Å². The highest BCUT2D eigenvalue weighted by Gasteiger charge is 2.17. The van der Waals surface area contributed by atoms with Crippen molar-refractivity contribution in [1.29, 1.82) is 0 Å². The predicted octanol–water partition coefficient (Wildman–Crippen LogP) is 3.38. The highest BCUT2D eigenvalue weighted by molar-refractivity contribution is 5.83. The van der Waals surface area contributed by atoms with Gasteiger partial charge in [0, 0.05) is 6.54 Å². The Labute approximate surface area is 181 Å². The molecular weight excluding hydrogens is 392 g/mol. The van der Waals surface area contributed by atoms with Gasteiger partial charge in [-0.25, -0.2) is 4.79 Å². The van der Waals surface area contributed by atoms with Crippen molar-refractivity contribution in [2.75, 3.05) is 25.0 Å². The van der Waals surface area contributed by atoms with E-state index in [0.717, 1.165) is 42.6 Å². The van der Waals surface area contributed by atoms with E-state index < -0.39 is 5.63 Å². The number of amides is 1. The molecule has 2 N–H and O–H groups in total. The van der Waals surface area contributed by atoms with Crippen LogP contribution in [0.2, 0.25) is 0 Å². The summed E-state index contributed by atoms with van der Waals surface area (Å²) >= 11 is 0. The molecule has 7 heteroatoms. The first-order chi connectivity index (χ1) is 15.0. The van der Waals surface area contributed by atoms with Crippen LogP contribution in [0.5, 0.6) is 0 Å². The number of anilines is 1. The molecule has 0 aliphatic carbocycles. The van der Waals surface area contributed by atoms with Crippen molar-refractivity contribution >= 4 is 22.8 Å². The molecule has 1 aliphatic heterocycles. The van der Waals surface area contributed by atoms with Crippen LogP contribution in [0, 0.1) is 6.92 Å². The van der Waals surface area contributed by atoms with E-state index in [2.05, 4.69) is 20.5 Å². The molecule has 1 fully saturated rings. The van der Waals surface area contributed by atoms with Gasteiger partial charge in [0.25, 0.3) is 6.01 Å². The van der Waals surface area contributed by atoms with Crippen LogP contribution in [0.25, 0.3) is 10.9 Å². The molecule has 3 aromatic rings. The third kappa shape index (κ3) is 4.94. The summed E-state index contributed by atoms with van der Waals surface area (Å²) in [6.45, 7) is 6.61. The Kier molecular flexibility index (Phi) is 6.32. The second-order valence-electron chi connectivity index (χ2n) is 8.09. The molecular formula is C24H28N4O3. The molecule has 31 heavy (non-hydrogen) atoms. The third-order valence-corrected chi connectivity index (χ3v) is 5.85. The lowest BCUT2D eigenvalue weighted by Gasteiger charge is -2.16. The van der Waals surface area contributed by atoms with Crippen LogP contribution >= 0.6 is 0 Å². The molecule has 7 nitrogen and oxygen atoms in total. The Balaban J connectivity index is 1.48. The van der Waals surface area contributed by atoms with Crippen molar-refractivity contribution in [2.45, 2.75) is 39.3 Å². The molecule has 0 spiro atoms. The van der Waals surface area contributed by atoms with Crippen molar-refractivity contribution in [3.63, 3.8) is 0 Å². The average Bonchev–Trinajstić information content (AvgIpc) is 3.26. The lowest BCUT2D eigenvalue weighted by atomic mass is 10.0. The fourth-order valence-electron chi connectivity index (χ4n) is 4.02. The smallest absolute Gasteiger partial charge is 0.348 e. The van der Waals surface area contributed by atoms with Gasteiger partial charge in [0.2, 0.25) is 5.91 Å². The quantitative estimate of drug-likeness (QED) is 0.609. The van der Waals surface area contributed by atoms with Crippen LogP contribution in [-0.2, 0) is 11.3 Å². The molecule has 0 bridgehead atoms. The molecule has 0 saturated carbocycles. The fourth-order valence-corrected chi connectivity index (χ4v) is 4.02. The molecule has 1 saturated heterocycles. The van der Waals surface area contributed by atoms with Gasteiger partial charge in [-0.3, -0.25) is 9.69 Å². The van der Waals surface area contributed by atoms with Gasteiger partial charge in [0.05, 0.1) is 23.5 Å². The first kappa shape index (κ1) is 21.1. The minimum Gasteiger partial charge on any atom is -0.389 e. The summed E-state index contributed by atoms with van der Waals surface area (Å²) in [5.74, 6) is 0.000930. The number of nitrogens with one attached hydrogen (secondary N) is 2. The van der Waals surface area contributed by atoms with Crippen molar-refractivity contribution in [2.24, 2.45) is 0 Å². The van der Waals surface area contributed by atoms with Crippen LogP contribution in [0.1, 0.15) is 42.5 Å². The van der Waals surface area contributed by atoms with Crippen molar-refractivity contribution in [3.8, 4) is 0 Å². The van der Waals surface area contributed by atoms with Gasteiger partial charge >= 0.3 is 5.63 Å². The maximum atomic E-state index is 12.7. The maximum Gasteiger partial charge on any atom is 0.348 e. The number of aryl methyl sites for hydroxylation is 1. The van der Waals surface area contributed by atoms with Gasteiger partial charge < -0.3 is 15.1 Å². The third-order valence-electron chi connectivity index (χ3n) is 5.85. The SMILES string of the molecule is Cc1c(CNC(=O)CN2CCCC2)ccc2nc(N[C@@H](C)c3ccccc3)oc(=O)c12. The van der Waals surface area contributed by atoms with E-state index in [1.165, 1.54) is 0 Å². The highest BCUT2D eigenvalue weighted by Crippen LogP contribution is 2.22. The molecule has 2 aromatic carbocycles. The second-order valence-corrected chi connectivity index (χ2v) is 8.09. The summed E-state index contributed by atoms with van der Waals surface area (Å²) in [6, 6.07) is 13.7. The number of fused-ring (bicyclic) bond motifs is 1. The number of benzene rings is 2. The predicted molar refractivity (Wildman–Crippen MR) is 121 cm³/mol. The highest BCUT2D eigenvalue weighted by atomic mass is 16.4. The first-order valence-corrected chi connectivity index (χ1v) is 10.7. The summed E-state index contributed by atoms with van der Waals surface area (Å²) in [5.41, 5.74) is 2.88. The Hall–Kier alpha value is -3.19. The van der Waals surface area contributed by atoms with Gasteiger partial charge in [-0.2, -0.15) is 4.98 Å². The van der Waals surface area contributed by atoms with E-state index >= 15 is 0 Å². The molecule has 1 atom stereocenters. The van der Waals surface area contributed by atoms with E-state index in [1.807, 2.05) is 50.2 Å². The Morgan fingerprint density at radius 1 is 1.16 bits per heavy atom. The minimum absolute atomic E-state index is 0.000930. The van der Waals surface area contributed by atoms with Gasteiger partial charge in [-0.15, -0.1) is 0 Å². The van der Waals surface area contributed by atoms with E-state index in [4.69, 9.17) is 4.42 Å². The molecule has 4 rings (SSSR count). The number of rotatable bonds is 7. The van der Waals surface area contributed by atoms with Gasteiger partial charge in [-0.1, -0.05) is 36.4 Å². The van der Waals surface area contributed by atoms with Crippen LogP contribution < -0.4 is 16.3 Å². The zero-order valence-electron chi connectivity index (χ0n) is 18.0.